The smallest absolute Gasteiger partial charge is 0.407 e. The van der Waals surface area contributed by atoms with E-state index in [4.69, 9.17) is 14.2 Å². The van der Waals surface area contributed by atoms with Crippen molar-refractivity contribution >= 4 is 6.09 Å². The molecule has 0 unspecified atom stereocenters. The number of rotatable bonds is 7. The molecule has 1 amide bonds. The maximum absolute atomic E-state index is 10.9. The molecule has 0 spiro atoms. The number of cyclic esters (lactones) is 1. The third kappa shape index (κ3) is 4.05. The van der Waals surface area contributed by atoms with Crippen LogP contribution in [0.15, 0.2) is 24.3 Å². The van der Waals surface area contributed by atoms with Crippen LogP contribution >= 0.6 is 0 Å². The highest BCUT2D eigenvalue weighted by atomic mass is 16.6. The lowest BCUT2D eigenvalue weighted by Crippen LogP contribution is -2.22. The number of hydrogen-bond donors (Lipinski definition) is 1. The molecule has 1 N–H and O–H groups in total. The number of nitrogens with one attached hydrogen (secondary N) is 1. The van der Waals surface area contributed by atoms with Crippen molar-refractivity contribution in [2.24, 2.45) is 0 Å². The van der Waals surface area contributed by atoms with E-state index >= 15 is 0 Å². The zero-order valence-electron chi connectivity index (χ0n) is 11.1. The van der Waals surface area contributed by atoms with Gasteiger partial charge in [0.25, 0.3) is 0 Å². The molecule has 1 fully saturated rings. The Morgan fingerprint density at radius 3 is 2.68 bits per heavy atom. The first-order chi connectivity index (χ1) is 9.29. The van der Waals surface area contributed by atoms with Gasteiger partial charge >= 0.3 is 6.09 Å². The zero-order valence-corrected chi connectivity index (χ0v) is 11.1. The van der Waals surface area contributed by atoms with Crippen LogP contribution in [0.4, 0.5) is 4.79 Å². The van der Waals surface area contributed by atoms with Crippen molar-refractivity contribution in [3.63, 3.8) is 0 Å². The SMILES string of the molecule is CCCCOc1ccccc1OC[C@H]1CNC(=O)O1. The molecule has 0 saturated carbocycles. The minimum atomic E-state index is -0.388. The van der Waals surface area contributed by atoms with Crippen LogP contribution in [0, 0.1) is 0 Å². The molecule has 5 heteroatoms. The summed E-state index contributed by atoms with van der Waals surface area (Å²) in [7, 11) is 0. The standard InChI is InChI=1S/C14H19NO4/c1-2-3-8-17-12-6-4-5-7-13(12)18-10-11-9-15-14(16)19-11/h4-7,11H,2-3,8-10H2,1H3,(H,15,16)/t11-/m1/s1. The number of carbonyl (C=O) groups is 1. The lowest BCUT2D eigenvalue weighted by atomic mass is 10.3. The quantitative estimate of drug-likeness (QED) is 0.769. The summed E-state index contributed by atoms with van der Waals surface area (Å²) in [6.07, 6.45) is 1.47. The Bertz CT molecular complexity index is 422. The number of amides is 1. The Morgan fingerprint density at radius 2 is 2.05 bits per heavy atom. The summed E-state index contributed by atoms with van der Waals surface area (Å²) in [4.78, 5) is 10.9. The summed E-state index contributed by atoms with van der Waals surface area (Å²) in [5, 5.41) is 2.59. The Labute approximate surface area is 112 Å². The Hall–Kier alpha value is -1.91. The van der Waals surface area contributed by atoms with Crippen molar-refractivity contribution in [3.8, 4) is 11.5 Å². The van der Waals surface area contributed by atoms with Crippen LogP contribution in [-0.2, 0) is 4.74 Å². The summed E-state index contributed by atoms with van der Waals surface area (Å²) in [5.74, 6) is 1.41. The fourth-order valence-electron chi connectivity index (χ4n) is 1.72. The van der Waals surface area contributed by atoms with Crippen molar-refractivity contribution in [2.45, 2.75) is 25.9 Å². The van der Waals surface area contributed by atoms with Gasteiger partial charge in [-0.15, -0.1) is 0 Å². The molecule has 0 aliphatic carbocycles. The van der Waals surface area contributed by atoms with Crippen LogP contribution < -0.4 is 14.8 Å². The average Bonchev–Trinajstić information content (AvgIpc) is 2.84. The molecule has 0 aromatic heterocycles. The predicted molar refractivity (Wildman–Crippen MR) is 70.6 cm³/mol. The molecule has 1 aliphatic heterocycles. The molecule has 0 bridgehead atoms. The molecule has 5 nitrogen and oxygen atoms in total. The van der Waals surface area contributed by atoms with E-state index in [0.717, 1.165) is 18.6 Å². The molecule has 2 rings (SSSR count). The van der Waals surface area contributed by atoms with E-state index in [1.807, 2.05) is 24.3 Å². The summed E-state index contributed by atoms with van der Waals surface area (Å²) in [6.45, 7) is 3.61. The van der Waals surface area contributed by atoms with Crippen molar-refractivity contribution in [1.82, 2.24) is 5.32 Å². The van der Waals surface area contributed by atoms with E-state index in [-0.39, 0.29) is 12.2 Å². The molecule has 1 aliphatic rings. The summed E-state index contributed by atoms with van der Waals surface area (Å²) in [6, 6.07) is 7.53. The predicted octanol–water partition coefficient (Wildman–Crippen LogP) is 2.35. The molecule has 1 aromatic rings. The Morgan fingerprint density at radius 1 is 1.32 bits per heavy atom. The van der Waals surface area contributed by atoms with Gasteiger partial charge in [-0.2, -0.15) is 0 Å². The van der Waals surface area contributed by atoms with E-state index in [2.05, 4.69) is 12.2 Å². The number of ether oxygens (including phenoxy) is 3. The number of benzene rings is 1. The number of para-hydroxylation sites is 2. The van der Waals surface area contributed by atoms with Crippen LogP contribution in [0.1, 0.15) is 19.8 Å². The summed E-state index contributed by atoms with van der Waals surface area (Å²) < 4.78 is 16.3. The van der Waals surface area contributed by atoms with Gasteiger partial charge < -0.3 is 19.5 Å². The third-order valence-corrected chi connectivity index (χ3v) is 2.78. The largest absolute Gasteiger partial charge is 0.490 e. The normalized spacial score (nSPS) is 17.7. The molecule has 1 saturated heterocycles. The van der Waals surface area contributed by atoms with Crippen molar-refractivity contribution in [2.75, 3.05) is 19.8 Å². The van der Waals surface area contributed by atoms with E-state index in [1.54, 1.807) is 0 Å². The van der Waals surface area contributed by atoms with Crippen molar-refractivity contribution in [3.05, 3.63) is 24.3 Å². The summed E-state index contributed by atoms with van der Waals surface area (Å²) in [5.41, 5.74) is 0. The van der Waals surface area contributed by atoms with Gasteiger partial charge in [0.2, 0.25) is 0 Å². The second-order valence-electron chi connectivity index (χ2n) is 4.37. The van der Waals surface area contributed by atoms with E-state index in [9.17, 15) is 4.79 Å². The lowest BCUT2D eigenvalue weighted by molar-refractivity contribution is 0.103. The van der Waals surface area contributed by atoms with Gasteiger partial charge in [-0.1, -0.05) is 25.5 Å². The van der Waals surface area contributed by atoms with Crippen LogP contribution in [0.3, 0.4) is 0 Å². The minimum Gasteiger partial charge on any atom is -0.490 e. The van der Waals surface area contributed by atoms with Gasteiger partial charge in [0.1, 0.15) is 6.61 Å². The minimum absolute atomic E-state index is 0.240. The zero-order chi connectivity index (χ0) is 13.5. The topological polar surface area (TPSA) is 56.8 Å². The lowest BCUT2D eigenvalue weighted by Gasteiger charge is -2.14. The van der Waals surface area contributed by atoms with Crippen LogP contribution in [0.2, 0.25) is 0 Å². The molecule has 0 radical (unpaired) electrons. The molecular formula is C14H19NO4. The number of alkyl carbamates (subject to hydrolysis) is 1. The van der Waals surface area contributed by atoms with Gasteiger partial charge in [-0.25, -0.2) is 4.79 Å². The number of carbonyl (C=O) groups excluding carboxylic acids is 1. The van der Waals surface area contributed by atoms with Gasteiger partial charge in [-0.3, -0.25) is 0 Å². The van der Waals surface area contributed by atoms with E-state index in [0.29, 0.717) is 25.5 Å². The van der Waals surface area contributed by atoms with E-state index < -0.39 is 0 Å². The van der Waals surface area contributed by atoms with Gasteiger partial charge in [0, 0.05) is 0 Å². The first-order valence-corrected chi connectivity index (χ1v) is 6.58. The maximum Gasteiger partial charge on any atom is 0.407 e. The second kappa shape index (κ2) is 6.87. The van der Waals surface area contributed by atoms with Crippen LogP contribution in [0.25, 0.3) is 0 Å². The average molecular weight is 265 g/mol. The highest BCUT2D eigenvalue weighted by Gasteiger charge is 2.23. The Kier molecular flexibility index (Phi) is 4.89. The first kappa shape index (κ1) is 13.5. The fourth-order valence-corrected chi connectivity index (χ4v) is 1.72. The highest BCUT2D eigenvalue weighted by molar-refractivity contribution is 5.69. The van der Waals surface area contributed by atoms with Gasteiger partial charge in [-0.05, 0) is 18.6 Å². The van der Waals surface area contributed by atoms with Gasteiger partial charge in [0.05, 0.1) is 13.2 Å². The van der Waals surface area contributed by atoms with Crippen molar-refractivity contribution in [1.29, 1.82) is 0 Å². The third-order valence-electron chi connectivity index (χ3n) is 2.78. The number of hydrogen-bond acceptors (Lipinski definition) is 4. The molecular weight excluding hydrogens is 246 g/mol. The fraction of sp³-hybridized carbons (Fsp3) is 0.500. The monoisotopic (exact) mass is 265 g/mol. The first-order valence-electron chi connectivity index (χ1n) is 6.58. The molecule has 1 heterocycles. The second-order valence-corrected chi connectivity index (χ2v) is 4.37. The van der Waals surface area contributed by atoms with Gasteiger partial charge in [0.15, 0.2) is 17.6 Å². The van der Waals surface area contributed by atoms with Crippen LogP contribution in [0.5, 0.6) is 11.5 Å². The molecule has 1 atom stereocenters. The number of unbranched alkanes of at least 4 members (excludes halogenated alkanes) is 1. The maximum atomic E-state index is 10.9. The molecule has 104 valence electrons. The van der Waals surface area contributed by atoms with Crippen LogP contribution in [-0.4, -0.2) is 32.0 Å². The highest BCUT2D eigenvalue weighted by Crippen LogP contribution is 2.27. The van der Waals surface area contributed by atoms with E-state index in [1.165, 1.54) is 0 Å². The van der Waals surface area contributed by atoms with Crippen molar-refractivity contribution < 1.29 is 19.0 Å². The molecule has 1 aromatic carbocycles. The molecule has 19 heavy (non-hydrogen) atoms. The summed E-state index contributed by atoms with van der Waals surface area (Å²) >= 11 is 0. The Balaban J connectivity index is 1.86.